The molecule has 1 unspecified atom stereocenters. The second kappa shape index (κ2) is 7.49. The maximum atomic E-state index is 11.6. The minimum atomic E-state index is -2.82. The van der Waals surface area contributed by atoms with E-state index in [1.807, 2.05) is 0 Å². The van der Waals surface area contributed by atoms with Crippen LogP contribution in [0.1, 0.15) is 12.5 Å². The van der Waals surface area contributed by atoms with E-state index in [9.17, 15) is 14.7 Å². The number of nitro benzene ring substituents is 1. The van der Waals surface area contributed by atoms with Gasteiger partial charge in [0.1, 0.15) is 16.1 Å². The van der Waals surface area contributed by atoms with Gasteiger partial charge in [0.05, 0.1) is 9.95 Å². The predicted molar refractivity (Wildman–Crippen MR) is 91.3 cm³/mol. The molecular weight excluding hydrogens is 385 g/mol. The Morgan fingerprint density at radius 1 is 1.35 bits per heavy atom. The fourth-order valence-corrected chi connectivity index (χ4v) is 3.35. The highest BCUT2D eigenvalue weighted by atomic mass is 35.7. The number of aryl methyl sites for hydroxylation is 1. The molecule has 122 valence electrons. The lowest BCUT2D eigenvalue weighted by Crippen LogP contribution is -2.07. The van der Waals surface area contributed by atoms with Crippen molar-refractivity contribution in [1.82, 2.24) is 4.98 Å². The van der Waals surface area contributed by atoms with Gasteiger partial charge < -0.3 is 9.30 Å². The van der Waals surface area contributed by atoms with Gasteiger partial charge in [0.15, 0.2) is 7.15 Å². The fraction of sp³-hybridized carbons (Fsp3) is 0.154. The Kier molecular flexibility index (Phi) is 5.87. The molecule has 0 N–H and O–H groups in total. The summed E-state index contributed by atoms with van der Waals surface area (Å²) in [6.07, 6.45) is 1.80. The quantitative estimate of drug-likeness (QED) is 0.404. The zero-order valence-electron chi connectivity index (χ0n) is 11.7. The van der Waals surface area contributed by atoms with Crippen molar-refractivity contribution in [3.05, 3.63) is 50.1 Å². The van der Waals surface area contributed by atoms with Crippen LogP contribution in [0.2, 0.25) is 10.0 Å². The molecule has 2 rings (SSSR count). The molecule has 1 heterocycles. The number of hydrogen-bond acceptors (Lipinski definition) is 5. The van der Waals surface area contributed by atoms with Gasteiger partial charge in [-0.1, -0.05) is 41.4 Å². The summed E-state index contributed by atoms with van der Waals surface area (Å²) >= 11 is 17.4. The highest BCUT2D eigenvalue weighted by Crippen LogP contribution is 2.37. The van der Waals surface area contributed by atoms with Crippen LogP contribution in [0.15, 0.2) is 24.4 Å². The third-order valence-corrected chi connectivity index (χ3v) is 4.86. The van der Waals surface area contributed by atoms with Crippen LogP contribution in [0.25, 0.3) is 0 Å². The van der Waals surface area contributed by atoms with Crippen LogP contribution in [0.5, 0.6) is 11.6 Å². The Balaban J connectivity index is 2.55. The van der Waals surface area contributed by atoms with Gasteiger partial charge in [-0.05, 0) is 18.6 Å². The SMILES string of the molecule is CCc1cc([N+](=O)[O-])c([PH](=O)Cl)cc1Oc1ncc(Cl)cc1Cl. The van der Waals surface area contributed by atoms with Crippen LogP contribution in [0, 0.1) is 10.1 Å². The molecule has 10 heteroatoms. The summed E-state index contributed by atoms with van der Waals surface area (Å²) in [5.41, 5.74) is 0.233. The number of ether oxygens (including phenoxy) is 1. The van der Waals surface area contributed by atoms with Gasteiger partial charge in [-0.2, -0.15) is 0 Å². The molecule has 0 aliphatic carbocycles. The van der Waals surface area contributed by atoms with E-state index in [0.29, 0.717) is 17.0 Å². The first-order valence-electron chi connectivity index (χ1n) is 6.33. The third kappa shape index (κ3) is 4.15. The van der Waals surface area contributed by atoms with Crippen LogP contribution in [-0.2, 0) is 11.0 Å². The van der Waals surface area contributed by atoms with Crippen molar-refractivity contribution in [3.8, 4) is 11.6 Å². The van der Waals surface area contributed by atoms with Crippen LogP contribution < -0.4 is 10.0 Å². The topological polar surface area (TPSA) is 82.3 Å². The number of rotatable bonds is 5. The van der Waals surface area contributed by atoms with E-state index in [2.05, 4.69) is 4.98 Å². The number of nitrogens with zero attached hydrogens (tertiary/aromatic N) is 2. The monoisotopic (exact) mass is 394 g/mol. The highest BCUT2D eigenvalue weighted by Gasteiger charge is 2.22. The first-order valence-corrected chi connectivity index (χ1v) is 9.51. The van der Waals surface area contributed by atoms with Crippen molar-refractivity contribution in [2.45, 2.75) is 13.3 Å². The van der Waals surface area contributed by atoms with Crippen LogP contribution in [-0.4, -0.2) is 9.91 Å². The average Bonchev–Trinajstić information content (AvgIpc) is 2.49. The van der Waals surface area contributed by atoms with Crippen molar-refractivity contribution in [2.24, 2.45) is 0 Å². The van der Waals surface area contributed by atoms with Gasteiger partial charge in [0.25, 0.3) is 5.69 Å². The van der Waals surface area contributed by atoms with Crippen molar-refractivity contribution in [1.29, 1.82) is 0 Å². The van der Waals surface area contributed by atoms with E-state index < -0.39 is 12.1 Å². The van der Waals surface area contributed by atoms with Gasteiger partial charge in [-0.25, -0.2) is 4.98 Å². The van der Waals surface area contributed by atoms with Crippen LogP contribution in [0.4, 0.5) is 5.69 Å². The molecule has 2 aromatic rings. The van der Waals surface area contributed by atoms with Gasteiger partial charge in [-0.3, -0.25) is 10.1 Å². The molecule has 23 heavy (non-hydrogen) atoms. The molecule has 0 amide bonds. The summed E-state index contributed by atoms with van der Waals surface area (Å²) in [6, 6.07) is 4.03. The molecular formula is C13H10Cl3N2O4P. The minimum absolute atomic E-state index is 0.0832. The summed E-state index contributed by atoms with van der Waals surface area (Å²) in [7, 11) is -2.82. The number of nitro groups is 1. The van der Waals surface area contributed by atoms with Crippen LogP contribution in [0.3, 0.4) is 0 Å². The zero-order valence-corrected chi connectivity index (χ0v) is 14.9. The van der Waals surface area contributed by atoms with Gasteiger partial charge >= 0.3 is 0 Å². The van der Waals surface area contributed by atoms with E-state index >= 15 is 0 Å². The van der Waals surface area contributed by atoms with Gasteiger partial charge in [0.2, 0.25) is 5.88 Å². The second-order valence-electron chi connectivity index (χ2n) is 4.40. The Morgan fingerprint density at radius 2 is 2.04 bits per heavy atom. The van der Waals surface area contributed by atoms with Crippen molar-refractivity contribution in [3.63, 3.8) is 0 Å². The second-order valence-corrected chi connectivity index (χ2v) is 7.36. The Hall–Kier alpha value is -1.33. The molecule has 0 fully saturated rings. The number of pyridine rings is 1. The van der Waals surface area contributed by atoms with E-state index in [1.54, 1.807) is 6.92 Å². The van der Waals surface area contributed by atoms with Gasteiger partial charge in [-0.15, -0.1) is 0 Å². The summed E-state index contributed by atoms with van der Waals surface area (Å²) in [6.45, 7) is 1.80. The Labute approximate surface area is 147 Å². The molecule has 6 nitrogen and oxygen atoms in total. The number of hydrogen-bond donors (Lipinski definition) is 0. The summed E-state index contributed by atoms with van der Waals surface area (Å²) in [5.74, 6) is 0.337. The summed E-state index contributed by atoms with van der Waals surface area (Å²) in [4.78, 5) is 14.4. The summed E-state index contributed by atoms with van der Waals surface area (Å²) in [5, 5.41) is 11.5. The standard InChI is InChI=1S/C13H10Cl3N2O4P/c1-2-7-3-10(18(19)20)12(23(16)21)5-11(7)22-13-9(15)4-8(14)6-17-13/h3-6,23H,2H2,1H3. The third-order valence-electron chi connectivity index (χ3n) is 2.95. The summed E-state index contributed by atoms with van der Waals surface area (Å²) < 4.78 is 17.2. The fourth-order valence-electron chi connectivity index (χ4n) is 1.87. The lowest BCUT2D eigenvalue weighted by atomic mass is 10.1. The average molecular weight is 396 g/mol. The lowest BCUT2D eigenvalue weighted by molar-refractivity contribution is -0.383. The zero-order chi connectivity index (χ0) is 17.1. The Bertz CT molecular complexity index is 801. The lowest BCUT2D eigenvalue weighted by Gasteiger charge is -2.12. The van der Waals surface area contributed by atoms with Crippen molar-refractivity contribution < 1.29 is 14.2 Å². The normalized spacial score (nSPS) is 12.0. The van der Waals surface area contributed by atoms with Crippen LogP contribution >= 0.6 is 41.6 Å². The highest BCUT2D eigenvalue weighted by molar-refractivity contribution is 7.80. The van der Waals surface area contributed by atoms with E-state index in [-0.39, 0.29) is 27.6 Å². The first-order chi connectivity index (χ1) is 10.8. The number of halogens is 3. The minimum Gasteiger partial charge on any atom is -0.437 e. The smallest absolute Gasteiger partial charge is 0.281 e. The van der Waals surface area contributed by atoms with Crippen molar-refractivity contribution >= 4 is 52.6 Å². The maximum absolute atomic E-state index is 11.6. The molecule has 0 bridgehead atoms. The van der Waals surface area contributed by atoms with E-state index in [0.717, 1.165) is 0 Å². The van der Waals surface area contributed by atoms with E-state index in [4.69, 9.17) is 39.2 Å². The van der Waals surface area contributed by atoms with Gasteiger partial charge in [0, 0.05) is 17.8 Å². The number of aromatic nitrogens is 1. The van der Waals surface area contributed by atoms with E-state index in [1.165, 1.54) is 24.4 Å². The maximum Gasteiger partial charge on any atom is 0.281 e. The first kappa shape index (κ1) is 18.0. The largest absolute Gasteiger partial charge is 0.437 e. The molecule has 1 aromatic heterocycles. The molecule has 0 saturated heterocycles. The Morgan fingerprint density at radius 3 is 2.57 bits per heavy atom. The molecule has 0 aliphatic rings. The molecule has 0 radical (unpaired) electrons. The molecule has 1 atom stereocenters. The molecule has 0 saturated carbocycles. The molecule has 0 aliphatic heterocycles. The molecule has 1 aromatic carbocycles. The molecule has 0 spiro atoms. The predicted octanol–water partition coefficient (Wildman–Crippen LogP) is 4.99. The van der Waals surface area contributed by atoms with Crippen molar-refractivity contribution in [2.75, 3.05) is 0 Å². The number of benzene rings is 1.